The molecule has 2 rings (SSSR count). The molecule has 0 atom stereocenters. The summed E-state index contributed by atoms with van der Waals surface area (Å²) in [6.07, 6.45) is 0. The lowest BCUT2D eigenvalue weighted by atomic mass is 10.2. The van der Waals surface area contributed by atoms with Crippen molar-refractivity contribution in [3.63, 3.8) is 0 Å². The lowest BCUT2D eigenvalue weighted by Crippen LogP contribution is -2.15. The van der Waals surface area contributed by atoms with Gasteiger partial charge in [0.1, 0.15) is 11.5 Å². The predicted octanol–water partition coefficient (Wildman–Crippen LogP) is 3.41. The van der Waals surface area contributed by atoms with Crippen molar-refractivity contribution in [3.8, 4) is 11.5 Å². The maximum Gasteiger partial charge on any atom is 0.387 e. The highest BCUT2D eigenvalue weighted by atomic mass is 32.2. The normalized spacial score (nSPS) is 11.3. The van der Waals surface area contributed by atoms with Crippen LogP contribution in [0.25, 0.3) is 0 Å². The van der Waals surface area contributed by atoms with E-state index in [2.05, 4.69) is 9.46 Å². The van der Waals surface area contributed by atoms with E-state index in [9.17, 15) is 17.2 Å². The minimum atomic E-state index is -3.96. The quantitative estimate of drug-likeness (QED) is 0.873. The van der Waals surface area contributed by atoms with Gasteiger partial charge in [-0.15, -0.1) is 0 Å². The molecule has 0 fully saturated rings. The van der Waals surface area contributed by atoms with Gasteiger partial charge in [-0.1, -0.05) is 12.1 Å². The Morgan fingerprint density at radius 3 is 2.43 bits per heavy atom. The third-order valence-electron chi connectivity index (χ3n) is 3.02. The fourth-order valence-corrected chi connectivity index (χ4v) is 3.30. The summed E-state index contributed by atoms with van der Waals surface area (Å²) in [4.78, 5) is 0.0187. The van der Waals surface area contributed by atoms with Crippen molar-refractivity contribution in [3.05, 3.63) is 48.0 Å². The van der Waals surface area contributed by atoms with E-state index in [0.29, 0.717) is 11.3 Å². The zero-order valence-electron chi connectivity index (χ0n) is 12.4. The summed E-state index contributed by atoms with van der Waals surface area (Å²) in [6.45, 7) is -1.44. The number of alkyl halides is 2. The largest absolute Gasteiger partial charge is 0.497 e. The number of halogens is 2. The summed E-state index contributed by atoms with van der Waals surface area (Å²) < 4.78 is 61.3. The van der Waals surface area contributed by atoms with E-state index in [1.54, 1.807) is 13.0 Å². The molecule has 0 unspecified atom stereocenters. The van der Waals surface area contributed by atoms with Gasteiger partial charge in [0.05, 0.1) is 17.7 Å². The van der Waals surface area contributed by atoms with Crippen LogP contribution in [0.4, 0.5) is 14.5 Å². The summed E-state index contributed by atoms with van der Waals surface area (Å²) in [6, 6.07) is 10.0. The maximum atomic E-state index is 12.5. The van der Waals surface area contributed by atoms with Gasteiger partial charge in [0.2, 0.25) is 0 Å². The van der Waals surface area contributed by atoms with E-state index in [1.807, 2.05) is 0 Å². The van der Waals surface area contributed by atoms with Gasteiger partial charge >= 0.3 is 6.61 Å². The standard InChI is InChI=1S/C15H15F2NO4S/c1-10-9-11(21-2)7-8-14(10)23(19,20)18-12-5-3-4-6-13(12)22-15(16)17/h3-9,15,18H,1-2H3. The number of para-hydroxylation sites is 2. The van der Waals surface area contributed by atoms with Gasteiger partial charge < -0.3 is 9.47 Å². The average Bonchev–Trinajstić information content (AvgIpc) is 2.48. The Bertz CT molecular complexity index is 794. The summed E-state index contributed by atoms with van der Waals surface area (Å²) >= 11 is 0. The van der Waals surface area contributed by atoms with Gasteiger partial charge in [0.25, 0.3) is 10.0 Å². The molecule has 0 spiro atoms. The molecular weight excluding hydrogens is 328 g/mol. The zero-order chi connectivity index (χ0) is 17.0. The van der Waals surface area contributed by atoms with Gasteiger partial charge in [-0.05, 0) is 42.8 Å². The van der Waals surface area contributed by atoms with E-state index in [-0.39, 0.29) is 16.3 Å². The minimum absolute atomic E-state index is 0.0187. The van der Waals surface area contributed by atoms with Crippen LogP contribution in [0.15, 0.2) is 47.4 Å². The Morgan fingerprint density at radius 2 is 1.83 bits per heavy atom. The van der Waals surface area contributed by atoms with Crippen LogP contribution in [0.3, 0.4) is 0 Å². The van der Waals surface area contributed by atoms with E-state index in [0.717, 1.165) is 0 Å². The van der Waals surface area contributed by atoms with Crippen molar-refractivity contribution < 1.29 is 26.7 Å². The van der Waals surface area contributed by atoms with E-state index < -0.39 is 16.6 Å². The van der Waals surface area contributed by atoms with E-state index in [1.165, 1.54) is 43.5 Å². The highest BCUT2D eigenvalue weighted by molar-refractivity contribution is 7.92. The number of nitrogens with one attached hydrogen (secondary N) is 1. The average molecular weight is 343 g/mol. The molecule has 0 aliphatic heterocycles. The smallest absolute Gasteiger partial charge is 0.387 e. The second kappa shape index (κ2) is 6.82. The molecule has 0 saturated heterocycles. The van der Waals surface area contributed by atoms with Gasteiger partial charge in [-0.25, -0.2) is 8.42 Å². The Morgan fingerprint density at radius 1 is 1.13 bits per heavy atom. The molecular formula is C15H15F2NO4S. The van der Waals surface area contributed by atoms with E-state index in [4.69, 9.17) is 4.74 Å². The first-order chi connectivity index (χ1) is 10.8. The Labute approximate surface area is 132 Å². The lowest BCUT2D eigenvalue weighted by molar-refractivity contribution is -0.0493. The van der Waals surface area contributed by atoms with Crippen LogP contribution < -0.4 is 14.2 Å². The van der Waals surface area contributed by atoms with Crippen LogP contribution in [0.2, 0.25) is 0 Å². The number of methoxy groups -OCH3 is 1. The summed E-state index contributed by atoms with van der Waals surface area (Å²) in [5, 5.41) is 0. The first-order valence-corrected chi connectivity index (χ1v) is 8.03. The van der Waals surface area contributed by atoms with Gasteiger partial charge in [0.15, 0.2) is 0 Å². The highest BCUT2D eigenvalue weighted by Crippen LogP contribution is 2.29. The fourth-order valence-electron chi connectivity index (χ4n) is 2.00. The number of hydrogen-bond donors (Lipinski definition) is 1. The van der Waals surface area contributed by atoms with Crippen molar-refractivity contribution >= 4 is 15.7 Å². The SMILES string of the molecule is COc1ccc(S(=O)(=O)Nc2ccccc2OC(F)F)c(C)c1. The molecule has 5 nitrogen and oxygen atoms in total. The van der Waals surface area contributed by atoms with Crippen LogP contribution in [-0.4, -0.2) is 22.1 Å². The highest BCUT2D eigenvalue weighted by Gasteiger charge is 2.20. The first-order valence-electron chi connectivity index (χ1n) is 6.55. The fraction of sp³-hybridized carbons (Fsp3) is 0.200. The van der Waals surface area contributed by atoms with Crippen molar-refractivity contribution in [2.45, 2.75) is 18.4 Å². The second-order valence-electron chi connectivity index (χ2n) is 4.61. The summed E-state index contributed by atoms with van der Waals surface area (Å²) in [7, 11) is -2.49. The number of hydrogen-bond acceptors (Lipinski definition) is 4. The van der Waals surface area contributed by atoms with Crippen LogP contribution in [0.1, 0.15) is 5.56 Å². The van der Waals surface area contributed by atoms with Crippen molar-refractivity contribution in [1.29, 1.82) is 0 Å². The topological polar surface area (TPSA) is 64.6 Å². The molecule has 0 saturated carbocycles. The molecule has 0 aromatic heterocycles. The van der Waals surface area contributed by atoms with Gasteiger partial charge in [-0.2, -0.15) is 8.78 Å². The molecule has 0 bridgehead atoms. The van der Waals surface area contributed by atoms with Crippen LogP contribution in [0, 0.1) is 6.92 Å². The Balaban J connectivity index is 2.36. The maximum absolute atomic E-state index is 12.5. The third kappa shape index (κ3) is 4.10. The van der Waals surface area contributed by atoms with Crippen molar-refractivity contribution in [2.24, 2.45) is 0 Å². The number of anilines is 1. The molecule has 0 amide bonds. The number of ether oxygens (including phenoxy) is 2. The number of sulfonamides is 1. The number of aryl methyl sites for hydroxylation is 1. The molecule has 0 heterocycles. The Kier molecular flexibility index (Phi) is 5.05. The Hall–Kier alpha value is -2.35. The van der Waals surface area contributed by atoms with Crippen LogP contribution in [0.5, 0.6) is 11.5 Å². The van der Waals surface area contributed by atoms with Gasteiger partial charge in [-0.3, -0.25) is 4.72 Å². The molecule has 124 valence electrons. The van der Waals surface area contributed by atoms with Crippen LogP contribution in [-0.2, 0) is 10.0 Å². The molecule has 8 heteroatoms. The second-order valence-corrected chi connectivity index (χ2v) is 6.26. The molecule has 2 aromatic carbocycles. The van der Waals surface area contributed by atoms with Crippen LogP contribution >= 0.6 is 0 Å². The predicted molar refractivity (Wildman–Crippen MR) is 81.6 cm³/mol. The van der Waals surface area contributed by atoms with Crippen molar-refractivity contribution in [1.82, 2.24) is 0 Å². The monoisotopic (exact) mass is 343 g/mol. The molecule has 0 aliphatic carbocycles. The van der Waals surface area contributed by atoms with Crippen molar-refractivity contribution in [2.75, 3.05) is 11.8 Å². The lowest BCUT2D eigenvalue weighted by Gasteiger charge is -2.14. The first kappa shape index (κ1) is 17.0. The summed E-state index contributed by atoms with van der Waals surface area (Å²) in [5.74, 6) is 0.264. The van der Waals surface area contributed by atoms with Gasteiger partial charge in [0, 0.05) is 0 Å². The molecule has 23 heavy (non-hydrogen) atoms. The zero-order valence-corrected chi connectivity index (χ0v) is 13.2. The molecule has 2 aromatic rings. The van der Waals surface area contributed by atoms with E-state index >= 15 is 0 Å². The molecule has 0 aliphatic rings. The number of benzene rings is 2. The third-order valence-corrected chi connectivity index (χ3v) is 4.54. The number of rotatable bonds is 6. The minimum Gasteiger partial charge on any atom is -0.497 e. The summed E-state index contributed by atoms with van der Waals surface area (Å²) in [5.41, 5.74) is 0.395. The molecule has 0 radical (unpaired) electrons. The molecule has 1 N–H and O–H groups in total.